The number of benzene rings is 3. The van der Waals surface area contributed by atoms with Gasteiger partial charge in [0.05, 0.1) is 29.5 Å². The van der Waals surface area contributed by atoms with Crippen LogP contribution in [0.25, 0.3) is 27.9 Å². The highest BCUT2D eigenvalue weighted by Gasteiger charge is 2.46. The molecule has 1 atom stereocenters. The van der Waals surface area contributed by atoms with E-state index in [1.165, 1.54) is 12.1 Å². The minimum Gasteiger partial charge on any atom is -0.507 e. The van der Waals surface area contributed by atoms with Gasteiger partial charge in [0.2, 0.25) is 11.8 Å². The number of phenols is 1. The highest BCUT2D eigenvalue weighted by atomic mass is 16.5. The summed E-state index contributed by atoms with van der Waals surface area (Å²) < 4.78 is 12.1. The van der Waals surface area contributed by atoms with Crippen LogP contribution in [-0.2, 0) is 9.59 Å². The summed E-state index contributed by atoms with van der Waals surface area (Å²) in [4.78, 5) is 75.1. The average molecular weight is 801 g/mol. The lowest BCUT2D eigenvalue weighted by Gasteiger charge is -2.40. The van der Waals surface area contributed by atoms with Crippen LogP contribution in [0.1, 0.15) is 58.4 Å². The molecule has 4 amide bonds. The maximum absolute atomic E-state index is 13.7. The van der Waals surface area contributed by atoms with E-state index in [-0.39, 0.29) is 29.4 Å². The third kappa shape index (κ3) is 7.14. The molecule has 0 aliphatic carbocycles. The summed E-state index contributed by atoms with van der Waals surface area (Å²) in [5.74, 6) is -0.716. The van der Waals surface area contributed by atoms with Crippen LogP contribution in [0, 0.1) is 5.92 Å². The van der Waals surface area contributed by atoms with Crippen LogP contribution in [0.15, 0.2) is 69.9 Å². The minimum absolute atomic E-state index is 0.0873. The highest BCUT2D eigenvalue weighted by Crippen LogP contribution is 2.41. The number of likely N-dealkylation sites (N-methyl/N-ethyl adjacent to an activating group) is 1. The summed E-state index contributed by atoms with van der Waals surface area (Å²) in [5.41, 5.74) is 5.01. The van der Waals surface area contributed by atoms with Crippen molar-refractivity contribution in [2.24, 2.45) is 5.92 Å². The molecule has 1 aromatic heterocycles. The minimum atomic E-state index is -0.985. The molecule has 9 rings (SSSR count). The van der Waals surface area contributed by atoms with Gasteiger partial charge in [-0.2, -0.15) is 0 Å². The first-order chi connectivity index (χ1) is 28.6. The molecule has 14 heteroatoms. The van der Waals surface area contributed by atoms with Gasteiger partial charge < -0.3 is 29.0 Å². The monoisotopic (exact) mass is 800 g/mol. The van der Waals surface area contributed by atoms with Gasteiger partial charge in [0, 0.05) is 88.7 Å². The Balaban J connectivity index is 0.819. The number of piperidine rings is 2. The predicted molar refractivity (Wildman–Crippen MR) is 223 cm³/mol. The predicted octanol–water partition coefficient (Wildman–Crippen LogP) is 4.33. The molecule has 0 bridgehead atoms. The molecule has 6 heterocycles. The molecular weight excluding hydrogens is 753 g/mol. The number of imide groups is 2. The first-order valence-electron chi connectivity index (χ1n) is 20.5. The van der Waals surface area contributed by atoms with E-state index < -0.39 is 29.7 Å². The molecule has 14 nitrogen and oxygen atoms in total. The zero-order valence-corrected chi connectivity index (χ0v) is 33.4. The number of methoxy groups -OCH3 is 1. The molecule has 0 spiro atoms. The Morgan fingerprint density at radius 2 is 1.59 bits per heavy atom. The second-order valence-corrected chi connectivity index (χ2v) is 16.3. The maximum atomic E-state index is 13.7. The molecular formula is C45H48N6O8. The van der Waals surface area contributed by atoms with Gasteiger partial charge in [-0.1, -0.05) is 12.1 Å². The van der Waals surface area contributed by atoms with Crippen molar-refractivity contribution in [3.63, 3.8) is 0 Å². The van der Waals surface area contributed by atoms with Crippen LogP contribution in [0.3, 0.4) is 0 Å². The largest absolute Gasteiger partial charge is 0.507 e. The molecule has 5 aliphatic rings. The van der Waals surface area contributed by atoms with Crippen molar-refractivity contribution in [2.45, 2.75) is 38.1 Å². The van der Waals surface area contributed by atoms with Crippen LogP contribution < -0.4 is 25.3 Å². The van der Waals surface area contributed by atoms with Gasteiger partial charge in [-0.25, -0.2) is 0 Å². The molecule has 3 aromatic carbocycles. The van der Waals surface area contributed by atoms with Gasteiger partial charge in [0.1, 0.15) is 28.7 Å². The van der Waals surface area contributed by atoms with Crippen molar-refractivity contribution >= 4 is 51.5 Å². The Kier molecular flexibility index (Phi) is 10.2. The van der Waals surface area contributed by atoms with Gasteiger partial charge in [-0.3, -0.25) is 39.1 Å². The summed E-state index contributed by atoms with van der Waals surface area (Å²) in [6.45, 7) is 7.76. The van der Waals surface area contributed by atoms with E-state index >= 15 is 0 Å². The van der Waals surface area contributed by atoms with Crippen molar-refractivity contribution in [3.05, 3.63) is 87.6 Å². The van der Waals surface area contributed by atoms with Gasteiger partial charge in [0.15, 0.2) is 11.0 Å². The van der Waals surface area contributed by atoms with Crippen LogP contribution in [0.4, 0.5) is 11.4 Å². The third-order valence-corrected chi connectivity index (χ3v) is 12.7. The van der Waals surface area contributed by atoms with Crippen molar-refractivity contribution < 1.29 is 33.4 Å². The topological polar surface area (TPSA) is 156 Å². The number of piperazine rings is 1. The normalized spacial score (nSPS) is 20.9. The molecule has 4 aromatic rings. The van der Waals surface area contributed by atoms with Crippen molar-refractivity contribution in [1.82, 2.24) is 20.0 Å². The molecule has 3 saturated heterocycles. The van der Waals surface area contributed by atoms with E-state index in [0.29, 0.717) is 39.7 Å². The number of nitrogens with one attached hydrogen (secondary N) is 1. The number of phenolic OH excluding ortho intramolecular Hbond substituents is 1. The lowest BCUT2D eigenvalue weighted by molar-refractivity contribution is -0.136. The second kappa shape index (κ2) is 15.6. The van der Waals surface area contributed by atoms with Crippen LogP contribution in [0.2, 0.25) is 0 Å². The zero-order chi connectivity index (χ0) is 40.9. The summed E-state index contributed by atoms with van der Waals surface area (Å²) >= 11 is 0. The summed E-state index contributed by atoms with van der Waals surface area (Å²) in [7, 11) is 3.62. The van der Waals surface area contributed by atoms with E-state index in [0.717, 1.165) is 106 Å². The Morgan fingerprint density at radius 1 is 0.831 bits per heavy atom. The molecule has 59 heavy (non-hydrogen) atoms. The number of carbonyl (C=O) groups is 4. The fourth-order valence-electron chi connectivity index (χ4n) is 9.41. The summed E-state index contributed by atoms with van der Waals surface area (Å²) in [6.07, 6.45) is 5.02. The molecule has 306 valence electrons. The molecule has 0 radical (unpaired) electrons. The van der Waals surface area contributed by atoms with E-state index in [2.05, 4.69) is 50.2 Å². The average Bonchev–Trinajstić information content (AvgIpc) is 3.50. The fraction of sp³-hybridized carbons (Fsp3) is 0.400. The Bertz CT molecular complexity index is 2450. The zero-order valence-electron chi connectivity index (χ0n) is 33.4. The van der Waals surface area contributed by atoms with Crippen LogP contribution in [0.5, 0.6) is 11.5 Å². The van der Waals surface area contributed by atoms with Gasteiger partial charge >= 0.3 is 0 Å². The Hall–Kier alpha value is -5.99. The number of anilines is 2. The van der Waals surface area contributed by atoms with E-state index in [9.17, 15) is 29.1 Å². The van der Waals surface area contributed by atoms with E-state index in [4.69, 9.17) is 9.15 Å². The Labute approximate surface area is 341 Å². The number of hydrogen-bond donors (Lipinski definition) is 2. The number of carbonyl (C=O) groups excluding carboxylic acids is 4. The molecule has 2 N–H and O–H groups in total. The van der Waals surface area contributed by atoms with Crippen LogP contribution >= 0.6 is 0 Å². The SMILES string of the molecule is COc1cc(O)c2c(=O)cc(-c3ccc(N4CCN(CC5CCN(c6cccc7c6C(=O)N(C6CCC(=O)NC6=O)C7=O)CC5)CC4)cc3)oc2c1C1=CCN(C)CC1. The quantitative estimate of drug-likeness (QED) is 0.244. The van der Waals surface area contributed by atoms with Crippen molar-refractivity contribution in [1.29, 1.82) is 0 Å². The lowest BCUT2D eigenvalue weighted by Crippen LogP contribution is -2.54. The number of ether oxygens (including phenoxy) is 1. The number of hydrogen-bond acceptors (Lipinski definition) is 12. The first kappa shape index (κ1) is 38.5. The van der Waals surface area contributed by atoms with Gasteiger partial charge in [-0.05, 0) is 80.6 Å². The standard InChI is InChI=1S/C45H48N6O8/c1-47-16-14-29(15-17-47)39-37(58-2)25-35(53)41-34(52)24-36(59-42(39)41)28-6-8-30(9-7-28)49-22-20-48(21-23-49)26-27-12-18-50(19-13-27)32-5-3-4-31-40(32)45(57)51(44(31)56)33-10-11-38(54)46-43(33)55/h3-9,14,24-25,27,33,53H,10-13,15-23,26H2,1-2H3,(H,46,54,55). The third-order valence-electron chi connectivity index (χ3n) is 12.7. The van der Waals surface area contributed by atoms with E-state index in [1.54, 1.807) is 19.2 Å². The summed E-state index contributed by atoms with van der Waals surface area (Å²) in [5, 5.41) is 13.2. The van der Waals surface area contributed by atoms with Gasteiger partial charge in [-0.15, -0.1) is 0 Å². The number of aromatic hydroxyl groups is 1. The van der Waals surface area contributed by atoms with Crippen molar-refractivity contribution in [2.75, 3.05) is 82.9 Å². The lowest BCUT2D eigenvalue weighted by atomic mass is 9.94. The molecule has 5 aliphatic heterocycles. The molecule has 1 unspecified atom stereocenters. The summed E-state index contributed by atoms with van der Waals surface area (Å²) in [6, 6.07) is 15.4. The number of fused-ring (bicyclic) bond motifs is 2. The van der Waals surface area contributed by atoms with Gasteiger partial charge in [0.25, 0.3) is 11.8 Å². The Morgan fingerprint density at radius 3 is 2.29 bits per heavy atom. The number of amides is 4. The highest BCUT2D eigenvalue weighted by molar-refractivity contribution is 6.25. The second-order valence-electron chi connectivity index (χ2n) is 16.3. The van der Waals surface area contributed by atoms with Crippen LogP contribution in [-0.4, -0.2) is 123 Å². The first-order valence-corrected chi connectivity index (χ1v) is 20.5. The maximum Gasteiger partial charge on any atom is 0.264 e. The van der Waals surface area contributed by atoms with Crippen molar-refractivity contribution in [3.8, 4) is 22.8 Å². The number of rotatable bonds is 8. The smallest absolute Gasteiger partial charge is 0.264 e. The van der Waals surface area contributed by atoms with E-state index in [1.807, 2.05) is 18.2 Å². The number of nitrogens with zero attached hydrogens (tertiary/aromatic N) is 5. The molecule has 0 saturated carbocycles. The molecule has 3 fully saturated rings. The fourth-order valence-corrected chi connectivity index (χ4v) is 9.41.